The van der Waals surface area contributed by atoms with Crippen molar-refractivity contribution >= 4 is 0 Å². The third-order valence-electron chi connectivity index (χ3n) is 2.81. The molecule has 1 aromatic rings. The van der Waals surface area contributed by atoms with E-state index in [4.69, 9.17) is 4.74 Å². The third-order valence-corrected chi connectivity index (χ3v) is 2.81. The van der Waals surface area contributed by atoms with E-state index in [2.05, 4.69) is 38.2 Å². The molecule has 0 aromatic heterocycles. The molecule has 0 aliphatic heterocycles. The van der Waals surface area contributed by atoms with Gasteiger partial charge in [-0.25, -0.2) is 0 Å². The molecule has 1 rings (SSSR count). The summed E-state index contributed by atoms with van der Waals surface area (Å²) in [7, 11) is 1.69. The standard InChI is InChI=1S/C14H23NO/c1-5-10-14(2,3)15-11-12-6-8-13(16-4)9-7-12/h6-9,15H,5,10-11H2,1-4H3. The molecule has 0 unspecified atom stereocenters. The molecule has 0 saturated heterocycles. The van der Waals surface area contributed by atoms with Crippen LogP contribution in [0.2, 0.25) is 0 Å². The van der Waals surface area contributed by atoms with Crippen LogP contribution in [0.5, 0.6) is 5.75 Å². The van der Waals surface area contributed by atoms with Crippen molar-refractivity contribution in [2.45, 2.75) is 45.7 Å². The summed E-state index contributed by atoms with van der Waals surface area (Å²) in [4.78, 5) is 0. The number of benzene rings is 1. The molecule has 0 spiro atoms. The van der Waals surface area contributed by atoms with Crippen molar-refractivity contribution in [1.29, 1.82) is 0 Å². The summed E-state index contributed by atoms with van der Waals surface area (Å²) in [5, 5.41) is 3.57. The van der Waals surface area contributed by atoms with Gasteiger partial charge in [0, 0.05) is 12.1 Å². The lowest BCUT2D eigenvalue weighted by atomic mass is 9.98. The first kappa shape index (κ1) is 13.0. The second kappa shape index (κ2) is 5.90. The van der Waals surface area contributed by atoms with E-state index >= 15 is 0 Å². The van der Waals surface area contributed by atoms with Gasteiger partial charge in [0.2, 0.25) is 0 Å². The Morgan fingerprint density at radius 1 is 1.19 bits per heavy atom. The molecule has 0 saturated carbocycles. The summed E-state index contributed by atoms with van der Waals surface area (Å²) in [6.45, 7) is 7.63. The Morgan fingerprint density at radius 3 is 2.31 bits per heavy atom. The monoisotopic (exact) mass is 221 g/mol. The van der Waals surface area contributed by atoms with E-state index in [0.717, 1.165) is 12.3 Å². The Hall–Kier alpha value is -1.02. The van der Waals surface area contributed by atoms with Gasteiger partial charge in [-0.05, 0) is 38.0 Å². The van der Waals surface area contributed by atoms with Crippen LogP contribution in [0, 0.1) is 0 Å². The number of hydrogen-bond donors (Lipinski definition) is 1. The highest BCUT2D eigenvalue weighted by atomic mass is 16.5. The smallest absolute Gasteiger partial charge is 0.118 e. The highest BCUT2D eigenvalue weighted by Gasteiger charge is 2.14. The zero-order chi connectivity index (χ0) is 12.0. The number of nitrogens with one attached hydrogen (secondary N) is 1. The summed E-state index contributed by atoms with van der Waals surface area (Å²) in [6, 6.07) is 8.22. The molecule has 16 heavy (non-hydrogen) atoms. The average Bonchev–Trinajstić information content (AvgIpc) is 2.27. The zero-order valence-electron chi connectivity index (χ0n) is 10.8. The molecule has 0 aliphatic rings. The lowest BCUT2D eigenvalue weighted by Gasteiger charge is -2.26. The van der Waals surface area contributed by atoms with Crippen LogP contribution in [-0.2, 0) is 6.54 Å². The Bertz CT molecular complexity index is 303. The molecule has 0 atom stereocenters. The van der Waals surface area contributed by atoms with Gasteiger partial charge in [0.05, 0.1) is 7.11 Å². The molecule has 1 aromatic carbocycles. The maximum atomic E-state index is 5.13. The van der Waals surface area contributed by atoms with Crippen LogP contribution >= 0.6 is 0 Å². The van der Waals surface area contributed by atoms with Gasteiger partial charge >= 0.3 is 0 Å². The molecule has 1 N–H and O–H groups in total. The van der Waals surface area contributed by atoms with Crippen LogP contribution in [0.25, 0.3) is 0 Å². The number of ether oxygens (including phenoxy) is 1. The second-order valence-corrected chi connectivity index (χ2v) is 4.84. The molecule has 0 fully saturated rings. The molecule has 0 heterocycles. The maximum Gasteiger partial charge on any atom is 0.118 e. The largest absolute Gasteiger partial charge is 0.497 e. The van der Waals surface area contributed by atoms with E-state index in [0.29, 0.717) is 0 Å². The SMILES string of the molecule is CCCC(C)(C)NCc1ccc(OC)cc1. The van der Waals surface area contributed by atoms with Crippen LogP contribution in [0.3, 0.4) is 0 Å². The van der Waals surface area contributed by atoms with Crippen molar-refractivity contribution in [3.05, 3.63) is 29.8 Å². The molecule has 0 radical (unpaired) electrons. The zero-order valence-corrected chi connectivity index (χ0v) is 10.8. The van der Waals surface area contributed by atoms with Gasteiger partial charge in [-0.1, -0.05) is 25.5 Å². The molecule has 2 heteroatoms. The van der Waals surface area contributed by atoms with E-state index in [9.17, 15) is 0 Å². The van der Waals surface area contributed by atoms with Crippen LogP contribution < -0.4 is 10.1 Å². The summed E-state index contributed by atoms with van der Waals surface area (Å²) >= 11 is 0. The van der Waals surface area contributed by atoms with Crippen LogP contribution in [0.15, 0.2) is 24.3 Å². The molecule has 90 valence electrons. The predicted molar refractivity (Wildman–Crippen MR) is 68.8 cm³/mol. The van der Waals surface area contributed by atoms with Gasteiger partial charge in [-0.2, -0.15) is 0 Å². The Kier molecular flexibility index (Phi) is 4.81. The lowest BCUT2D eigenvalue weighted by molar-refractivity contribution is 0.356. The average molecular weight is 221 g/mol. The number of rotatable bonds is 6. The molecular weight excluding hydrogens is 198 g/mol. The van der Waals surface area contributed by atoms with Crippen molar-refractivity contribution < 1.29 is 4.74 Å². The van der Waals surface area contributed by atoms with Gasteiger partial charge in [0.25, 0.3) is 0 Å². The lowest BCUT2D eigenvalue weighted by Crippen LogP contribution is -2.38. The summed E-state index contributed by atoms with van der Waals surface area (Å²) in [5.74, 6) is 0.913. The van der Waals surface area contributed by atoms with Gasteiger partial charge < -0.3 is 10.1 Å². The Morgan fingerprint density at radius 2 is 1.81 bits per heavy atom. The Balaban J connectivity index is 2.48. The first-order chi connectivity index (χ1) is 7.57. The summed E-state index contributed by atoms with van der Waals surface area (Å²) in [6.07, 6.45) is 2.41. The van der Waals surface area contributed by atoms with E-state index < -0.39 is 0 Å². The van der Waals surface area contributed by atoms with Crippen molar-refractivity contribution in [2.75, 3.05) is 7.11 Å². The van der Waals surface area contributed by atoms with Crippen molar-refractivity contribution in [3.63, 3.8) is 0 Å². The van der Waals surface area contributed by atoms with Gasteiger partial charge in [0.15, 0.2) is 0 Å². The molecule has 0 amide bonds. The fraction of sp³-hybridized carbons (Fsp3) is 0.571. The van der Waals surface area contributed by atoms with Gasteiger partial charge in [0.1, 0.15) is 5.75 Å². The minimum Gasteiger partial charge on any atom is -0.497 e. The third kappa shape index (κ3) is 4.23. The van der Waals surface area contributed by atoms with E-state index in [1.807, 2.05) is 12.1 Å². The Labute approximate surface area is 99.0 Å². The molecule has 0 bridgehead atoms. The summed E-state index contributed by atoms with van der Waals surface area (Å²) in [5.41, 5.74) is 1.51. The predicted octanol–water partition coefficient (Wildman–Crippen LogP) is 3.36. The first-order valence-corrected chi connectivity index (χ1v) is 5.95. The number of methoxy groups -OCH3 is 1. The van der Waals surface area contributed by atoms with Crippen LogP contribution in [-0.4, -0.2) is 12.6 Å². The normalized spacial score (nSPS) is 11.5. The van der Waals surface area contributed by atoms with E-state index in [-0.39, 0.29) is 5.54 Å². The van der Waals surface area contributed by atoms with E-state index in [1.54, 1.807) is 7.11 Å². The van der Waals surface area contributed by atoms with Gasteiger partial charge in [-0.3, -0.25) is 0 Å². The highest BCUT2D eigenvalue weighted by Crippen LogP contribution is 2.14. The fourth-order valence-corrected chi connectivity index (χ4v) is 1.80. The summed E-state index contributed by atoms with van der Waals surface area (Å²) < 4.78 is 5.13. The minimum atomic E-state index is 0.217. The maximum absolute atomic E-state index is 5.13. The quantitative estimate of drug-likeness (QED) is 0.795. The second-order valence-electron chi connectivity index (χ2n) is 4.84. The van der Waals surface area contributed by atoms with Crippen molar-refractivity contribution in [2.24, 2.45) is 0 Å². The highest BCUT2D eigenvalue weighted by molar-refractivity contribution is 5.27. The fourth-order valence-electron chi connectivity index (χ4n) is 1.80. The van der Waals surface area contributed by atoms with Crippen molar-refractivity contribution in [3.8, 4) is 5.75 Å². The molecule has 2 nitrogen and oxygen atoms in total. The molecular formula is C14H23NO. The van der Waals surface area contributed by atoms with Gasteiger partial charge in [-0.15, -0.1) is 0 Å². The van der Waals surface area contributed by atoms with E-state index in [1.165, 1.54) is 18.4 Å². The van der Waals surface area contributed by atoms with Crippen LogP contribution in [0.4, 0.5) is 0 Å². The number of hydrogen-bond acceptors (Lipinski definition) is 2. The molecule has 0 aliphatic carbocycles. The topological polar surface area (TPSA) is 21.3 Å². The van der Waals surface area contributed by atoms with Crippen molar-refractivity contribution in [1.82, 2.24) is 5.32 Å². The minimum absolute atomic E-state index is 0.217. The van der Waals surface area contributed by atoms with Crippen LogP contribution in [0.1, 0.15) is 39.2 Å². The first-order valence-electron chi connectivity index (χ1n) is 5.95.